The van der Waals surface area contributed by atoms with Gasteiger partial charge in [0.15, 0.2) is 5.76 Å². The lowest BCUT2D eigenvalue weighted by atomic mass is 10.1. The van der Waals surface area contributed by atoms with Gasteiger partial charge in [-0.1, -0.05) is 6.58 Å². The van der Waals surface area contributed by atoms with Gasteiger partial charge in [0.25, 0.3) is 0 Å². The fourth-order valence-corrected chi connectivity index (χ4v) is 1.70. The molecule has 4 nitrogen and oxygen atoms in total. The van der Waals surface area contributed by atoms with Crippen molar-refractivity contribution in [3.63, 3.8) is 0 Å². The van der Waals surface area contributed by atoms with Gasteiger partial charge in [0.2, 0.25) is 0 Å². The van der Waals surface area contributed by atoms with E-state index in [4.69, 9.17) is 4.74 Å². The van der Waals surface area contributed by atoms with Crippen LogP contribution in [-0.4, -0.2) is 23.2 Å². The molecule has 0 aromatic carbocycles. The molecule has 0 spiro atoms. The molecule has 1 rings (SSSR count). The molecule has 0 saturated heterocycles. The average Bonchev–Trinajstić information content (AvgIpc) is 2.28. The zero-order valence-corrected chi connectivity index (χ0v) is 12.0. The molecule has 0 atom stereocenters. The highest BCUT2D eigenvalue weighted by Gasteiger charge is 2.19. The number of carboxylic acids is 1. The van der Waals surface area contributed by atoms with E-state index in [1.54, 1.807) is 19.1 Å². The van der Waals surface area contributed by atoms with E-state index in [0.717, 1.165) is 10.2 Å². The second-order valence-corrected chi connectivity index (χ2v) is 4.61. The van der Waals surface area contributed by atoms with Crippen molar-refractivity contribution in [3.05, 3.63) is 45.7 Å². The molecule has 0 aliphatic carbocycles. The Balaban J connectivity index is 3.48. The van der Waals surface area contributed by atoms with Crippen LogP contribution in [0, 0.1) is 6.92 Å². The number of aryl methyl sites for hydroxylation is 1. The first-order valence-electron chi connectivity index (χ1n) is 5.19. The second-order valence-electron chi connectivity index (χ2n) is 3.76. The molecule has 1 aromatic rings. The number of pyridine rings is 1. The summed E-state index contributed by atoms with van der Waals surface area (Å²) in [6.07, 6.45) is 0. The predicted octanol–water partition coefficient (Wildman–Crippen LogP) is 3.17. The number of hydrogen-bond acceptors (Lipinski definition) is 3. The summed E-state index contributed by atoms with van der Waals surface area (Å²) in [5, 5.41) is 9.19. The molecule has 0 bridgehead atoms. The van der Waals surface area contributed by atoms with Gasteiger partial charge in [-0.05, 0) is 47.5 Å². The van der Waals surface area contributed by atoms with Crippen LogP contribution in [0.1, 0.15) is 18.3 Å². The fourth-order valence-electron chi connectivity index (χ4n) is 1.48. The van der Waals surface area contributed by atoms with Gasteiger partial charge in [-0.3, -0.25) is 0 Å². The lowest BCUT2D eigenvalue weighted by Crippen LogP contribution is -2.08. The highest BCUT2D eigenvalue weighted by Crippen LogP contribution is 2.25. The van der Waals surface area contributed by atoms with Crippen LogP contribution in [0.2, 0.25) is 0 Å². The largest absolute Gasteiger partial charge is 0.494 e. The van der Waals surface area contributed by atoms with Gasteiger partial charge in [-0.15, -0.1) is 0 Å². The van der Waals surface area contributed by atoms with Crippen molar-refractivity contribution in [2.75, 3.05) is 7.11 Å². The summed E-state index contributed by atoms with van der Waals surface area (Å²) < 4.78 is 6.03. The maximum absolute atomic E-state index is 11.2. The molecule has 0 saturated carbocycles. The van der Waals surface area contributed by atoms with E-state index in [9.17, 15) is 9.90 Å². The van der Waals surface area contributed by atoms with Gasteiger partial charge in [0.1, 0.15) is 11.3 Å². The van der Waals surface area contributed by atoms with E-state index in [-0.39, 0.29) is 11.3 Å². The molecule has 1 heterocycles. The Morgan fingerprint density at radius 2 is 2.11 bits per heavy atom. The smallest absolute Gasteiger partial charge is 0.339 e. The maximum Gasteiger partial charge on any atom is 0.339 e. The Labute approximate surface area is 114 Å². The van der Waals surface area contributed by atoms with Crippen LogP contribution >= 0.6 is 15.9 Å². The summed E-state index contributed by atoms with van der Waals surface area (Å²) in [7, 11) is 1.42. The minimum Gasteiger partial charge on any atom is -0.494 e. The lowest BCUT2D eigenvalue weighted by Gasteiger charge is -2.11. The Morgan fingerprint density at radius 1 is 1.50 bits per heavy atom. The lowest BCUT2D eigenvalue weighted by molar-refractivity contribution is -0.132. The third kappa shape index (κ3) is 2.98. The monoisotopic (exact) mass is 311 g/mol. The molecule has 0 amide bonds. The van der Waals surface area contributed by atoms with Crippen molar-refractivity contribution in [1.29, 1.82) is 0 Å². The second kappa shape index (κ2) is 5.82. The first-order valence-corrected chi connectivity index (χ1v) is 5.98. The number of hydrogen-bond donors (Lipinski definition) is 1. The van der Waals surface area contributed by atoms with E-state index in [2.05, 4.69) is 27.5 Å². The standard InChI is InChI=1S/C13H14BrNO3/c1-7(2)11(13(16)17)12(18-4)10-6-5-9(14)8(3)15-10/h5-6H,1H2,2-4H3,(H,16,17)/b12-11+. The van der Waals surface area contributed by atoms with Crippen LogP contribution in [0.4, 0.5) is 0 Å². The van der Waals surface area contributed by atoms with Crippen molar-refractivity contribution < 1.29 is 14.6 Å². The topological polar surface area (TPSA) is 59.4 Å². The number of nitrogens with zero attached hydrogens (tertiary/aromatic N) is 1. The molecule has 0 unspecified atom stereocenters. The molecular weight excluding hydrogens is 298 g/mol. The summed E-state index contributed by atoms with van der Waals surface area (Å²) in [5.74, 6) is -0.868. The number of aromatic nitrogens is 1. The summed E-state index contributed by atoms with van der Waals surface area (Å²) in [4.78, 5) is 15.5. The quantitative estimate of drug-likeness (QED) is 0.527. The van der Waals surface area contributed by atoms with Gasteiger partial charge in [-0.25, -0.2) is 9.78 Å². The van der Waals surface area contributed by atoms with Crippen LogP contribution < -0.4 is 0 Å². The number of aliphatic carboxylic acids is 1. The van der Waals surface area contributed by atoms with Crippen molar-refractivity contribution >= 4 is 27.7 Å². The van der Waals surface area contributed by atoms with E-state index in [1.807, 2.05) is 6.92 Å². The van der Waals surface area contributed by atoms with Gasteiger partial charge in [0, 0.05) is 4.47 Å². The molecule has 1 N–H and O–H groups in total. The van der Waals surface area contributed by atoms with Crippen LogP contribution in [0.5, 0.6) is 0 Å². The van der Waals surface area contributed by atoms with Gasteiger partial charge < -0.3 is 9.84 Å². The average molecular weight is 312 g/mol. The molecule has 0 aliphatic heterocycles. The third-order valence-corrected chi connectivity index (χ3v) is 3.16. The van der Waals surface area contributed by atoms with Crippen molar-refractivity contribution in [1.82, 2.24) is 4.98 Å². The maximum atomic E-state index is 11.2. The zero-order valence-electron chi connectivity index (χ0n) is 10.5. The number of rotatable bonds is 4. The van der Waals surface area contributed by atoms with Crippen LogP contribution in [0.25, 0.3) is 5.76 Å². The Morgan fingerprint density at radius 3 is 2.50 bits per heavy atom. The van der Waals surface area contributed by atoms with Gasteiger partial charge in [-0.2, -0.15) is 0 Å². The first kappa shape index (κ1) is 14.4. The van der Waals surface area contributed by atoms with Crippen LogP contribution in [-0.2, 0) is 9.53 Å². The summed E-state index contributed by atoms with van der Waals surface area (Å²) in [6.45, 7) is 7.10. The first-order chi connectivity index (χ1) is 8.38. The summed E-state index contributed by atoms with van der Waals surface area (Å²) in [5.41, 5.74) is 1.68. The molecule has 0 fully saturated rings. The minimum absolute atomic E-state index is 0.0340. The van der Waals surface area contributed by atoms with Gasteiger partial charge >= 0.3 is 5.97 Å². The number of carboxylic acid groups (broad SMARTS) is 1. The molecule has 5 heteroatoms. The minimum atomic E-state index is -1.08. The normalized spacial score (nSPS) is 11.8. The molecule has 18 heavy (non-hydrogen) atoms. The number of halogens is 1. The SMILES string of the molecule is C=C(C)/C(C(=O)O)=C(\OC)c1ccc(Br)c(C)n1. The van der Waals surface area contributed by atoms with Crippen molar-refractivity contribution in [2.45, 2.75) is 13.8 Å². The third-order valence-electron chi connectivity index (χ3n) is 2.33. The fraction of sp³-hybridized carbons (Fsp3) is 0.231. The predicted molar refractivity (Wildman–Crippen MR) is 73.1 cm³/mol. The Hall–Kier alpha value is -1.62. The van der Waals surface area contributed by atoms with Crippen molar-refractivity contribution in [2.24, 2.45) is 0 Å². The van der Waals surface area contributed by atoms with E-state index in [1.165, 1.54) is 7.11 Å². The molecule has 0 radical (unpaired) electrons. The summed E-state index contributed by atoms with van der Waals surface area (Å²) >= 11 is 3.34. The molecular formula is C13H14BrNO3. The highest BCUT2D eigenvalue weighted by atomic mass is 79.9. The number of methoxy groups -OCH3 is 1. The van der Waals surface area contributed by atoms with E-state index >= 15 is 0 Å². The van der Waals surface area contributed by atoms with Gasteiger partial charge in [0.05, 0.1) is 12.8 Å². The number of carbonyl (C=O) groups is 1. The molecule has 96 valence electrons. The van der Waals surface area contributed by atoms with Crippen molar-refractivity contribution in [3.8, 4) is 0 Å². The van der Waals surface area contributed by atoms with E-state index < -0.39 is 5.97 Å². The van der Waals surface area contributed by atoms with E-state index in [0.29, 0.717) is 11.3 Å². The Bertz CT molecular complexity index is 519. The van der Waals surface area contributed by atoms with Crippen LogP contribution in [0.15, 0.2) is 34.3 Å². The molecule has 0 aliphatic rings. The highest BCUT2D eigenvalue weighted by molar-refractivity contribution is 9.10. The zero-order chi connectivity index (χ0) is 13.9. The molecule has 1 aromatic heterocycles. The number of ether oxygens (including phenoxy) is 1. The summed E-state index contributed by atoms with van der Waals surface area (Å²) in [6, 6.07) is 3.50. The van der Waals surface area contributed by atoms with Crippen LogP contribution in [0.3, 0.4) is 0 Å². The Kier molecular flexibility index (Phi) is 4.67.